The monoisotopic (exact) mass is 250 g/mol. The van der Waals surface area contributed by atoms with E-state index in [1.165, 1.54) is 0 Å². The molecule has 3 rings (SSSR count). The van der Waals surface area contributed by atoms with E-state index in [0.29, 0.717) is 31.3 Å². The molecule has 2 aromatic rings. The lowest BCUT2D eigenvalue weighted by atomic mass is 9.99. The van der Waals surface area contributed by atoms with Crippen molar-refractivity contribution in [3.63, 3.8) is 0 Å². The third-order valence-electron chi connectivity index (χ3n) is 3.18. The summed E-state index contributed by atoms with van der Waals surface area (Å²) in [5, 5.41) is 13.8. The number of aromatic nitrogens is 2. The van der Waals surface area contributed by atoms with Gasteiger partial charge in [-0.05, 0) is 19.4 Å². The summed E-state index contributed by atoms with van der Waals surface area (Å²) in [5.41, 5.74) is 0.802. The van der Waals surface area contributed by atoms with Gasteiger partial charge in [-0.25, -0.2) is 0 Å². The van der Waals surface area contributed by atoms with E-state index in [2.05, 4.69) is 10.1 Å². The molecule has 0 saturated carbocycles. The summed E-state index contributed by atoms with van der Waals surface area (Å²) in [6.07, 6.45) is 1.68. The summed E-state index contributed by atoms with van der Waals surface area (Å²) in [6.45, 7) is 2.82. The zero-order chi connectivity index (χ0) is 12.5. The Kier molecular flexibility index (Phi) is 2.89. The smallest absolute Gasteiger partial charge is 0.235 e. The Bertz CT molecular complexity index is 534. The Morgan fingerprint density at radius 1 is 1.44 bits per heavy atom. The van der Waals surface area contributed by atoms with E-state index in [-0.39, 0.29) is 5.92 Å². The fourth-order valence-electron chi connectivity index (χ4n) is 2.07. The number of aliphatic hydroxyl groups is 1. The van der Waals surface area contributed by atoms with E-state index in [9.17, 15) is 5.11 Å². The molecule has 0 radical (unpaired) electrons. The zero-order valence-corrected chi connectivity index (χ0v) is 10.00. The molecule has 1 saturated heterocycles. The molecule has 6 heteroatoms. The molecule has 1 N–H and O–H groups in total. The van der Waals surface area contributed by atoms with Crippen LogP contribution >= 0.6 is 0 Å². The maximum absolute atomic E-state index is 9.89. The molecule has 0 bridgehead atoms. The molecule has 96 valence electrons. The van der Waals surface area contributed by atoms with Crippen molar-refractivity contribution in [1.29, 1.82) is 0 Å². The molecule has 2 aromatic heterocycles. The molecule has 2 atom stereocenters. The van der Waals surface area contributed by atoms with Crippen LogP contribution in [0.4, 0.5) is 0 Å². The third kappa shape index (κ3) is 1.93. The van der Waals surface area contributed by atoms with E-state index in [4.69, 9.17) is 13.7 Å². The summed E-state index contributed by atoms with van der Waals surface area (Å²) in [7, 11) is 0. The van der Waals surface area contributed by atoms with Crippen LogP contribution < -0.4 is 0 Å². The molecule has 18 heavy (non-hydrogen) atoms. The highest BCUT2D eigenvalue weighted by Crippen LogP contribution is 2.27. The summed E-state index contributed by atoms with van der Waals surface area (Å²) in [6, 6.07) is 1.79. The van der Waals surface area contributed by atoms with Gasteiger partial charge in [0.15, 0.2) is 0 Å². The number of aryl methyl sites for hydroxylation is 1. The maximum atomic E-state index is 9.89. The minimum absolute atomic E-state index is 0.243. The average molecular weight is 250 g/mol. The first-order valence-corrected chi connectivity index (χ1v) is 5.89. The van der Waals surface area contributed by atoms with Gasteiger partial charge in [-0.2, -0.15) is 4.98 Å². The summed E-state index contributed by atoms with van der Waals surface area (Å²) < 4.78 is 15.7. The molecule has 0 aliphatic carbocycles. The molecule has 3 heterocycles. The molecule has 0 aromatic carbocycles. The molecule has 0 spiro atoms. The number of ether oxygens (including phenoxy) is 1. The highest BCUT2D eigenvalue weighted by molar-refractivity contribution is 5.56. The lowest BCUT2D eigenvalue weighted by Gasteiger charge is -2.24. The van der Waals surface area contributed by atoms with Crippen molar-refractivity contribution >= 4 is 0 Å². The number of furan rings is 1. The molecular weight excluding hydrogens is 236 g/mol. The molecule has 6 nitrogen and oxygen atoms in total. The maximum Gasteiger partial charge on any atom is 0.235 e. The number of rotatable bonds is 2. The highest BCUT2D eigenvalue weighted by Gasteiger charge is 2.30. The van der Waals surface area contributed by atoms with Crippen LogP contribution in [0.1, 0.15) is 24.0 Å². The second kappa shape index (κ2) is 4.55. The van der Waals surface area contributed by atoms with Crippen molar-refractivity contribution < 1.29 is 18.8 Å². The standard InChI is InChI=1S/C12H14N2O4/c1-7-8(2-5-17-7)11-13-12(18-14-11)9-6-16-4-3-10(9)15/h2,5,9-10,15H,3-4,6H2,1H3. The van der Waals surface area contributed by atoms with Crippen molar-refractivity contribution in [2.45, 2.75) is 25.4 Å². The number of aliphatic hydroxyl groups excluding tert-OH is 1. The first kappa shape index (κ1) is 11.4. The predicted octanol–water partition coefficient (Wildman–Crippen LogP) is 1.50. The van der Waals surface area contributed by atoms with E-state index < -0.39 is 6.10 Å². The predicted molar refractivity (Wildman–Crippen MR) is 60.9 cm³/mol. The van der Waals surface area contributed by atoms with E-state index in [1.54, 1.807) is 12.3 Å². The van der Waals surface area contributed by atoms with Gasteiger partial charge in [0.1, 0.15) is 5.76 Å². The lowest BCUT2D eigenvalue weighted by Crippen LogP contribution is -2.30. The molecule has 0 amide bonds. The summed E-state index contributed by atoms with van der Waals surface area (Å²) in [4.78, 5) is 4.31. The SMILES string of the molecule is Cc1occc1-c1noc(C2COCCC2O)n1. The fourth-order valence-corrected chi connectivity index (χ4v) is 2.07. The lowest BCUT2D eigenvalue weighted by molar-refractivity contribution is -0.0149. The van der Waals surface area contributed by atoms with Crippen LogP contribution in [-0.4, -0.2) is 34.6 Å². The Balaban J connectivity index is 1.87. The Hall–Kier alpha value is -1.66. The topological polar surface area (TPSA) is 81.5 Å². The number of hydrogen-bond acceptors (Lipinski definition) is 6. The van der Waals surface area contributed by atoms with Crippen LogP contribution in [0, 0.1) is 6.92 Å². The molecule has 1 fully saturated rings. The van der Waals surface area contributed by atoms with Gasteiger partial charge >= 0.3 is 0 Å². The van der Waals surface area contributed by atoms with Gasteiger partial charge in [-0.1, -0.05) is 5.16 Å². The van der Waals surface area contributed by atoms with Crippen LogP contribution in [0.25, 0.3) is 11.4 Å². The Labute approximate surface area is 104 Å². The number of hydrogen-bond donors (Lipinski definition) is 1. The van der Waals surface area contributed by atoms with Crippen molar-refractivity contribution in [1.82, 2.24) is 10.1 Å². The third-order valence-corrected chi connectivity index (χ3v) is 3.18. The molecular formula is C12H14N2O4. The average Bonchev–Trinajstić information content (AvgIpc) is 2.98. The van der Waals surface area contributed by atoms with E-state index >= 15 is 0 Å². The normalized spacial score (nSPS) is 24.3. The van der Waals surface area contributed by atoms with Crippen molar-refractivity contribution in [3.8, 4) is 11.4 Å². The Morgan fingerprint density at radius 2 is 2.33 bits per heavy atom. The minimum Gasteiger partial charge on any atom is -0.469 e. The fraction of sp³-hybridized carbons (Fsp3) is 0.500. The molecule has 2 unspecified atom stereocenters. The second-order valence-electron chi connectivity index (χ2n) is 4.38. The van der Waals surface area contributed by atoms with E-state index in [0.717, 1.165) is 11.3 Å². The van der Waals surface area contributed by atoms with Crippen LogP contribution in [0.3, 0.4) is 0 Å². The van der Waals surface area contributed by atoms with Crippen molar-refractivity contribution in [2.75, 3.05) is 13.2 Å². The zero-order valence-electron chi connectivity index (χ0n) is 10.00. The van der Waals surface area contributed by atoms with E-state index in [1.807, 2.05) is 6.92 Å². The van der Waals surface area contributed by atoms with Crippen molar-refractivity contribution in [2.24, 2.45) is 0 Å². The van der Waals surface area contributed by atoms with Crippen LogP contribution in [-0.2, 0) is 4.74 Å². The van der Waals surface area contributed by atoms with Crippen LogP contribution in [0.15, 0.2) is 21.3 Å². The van der Waals surface area contributed by atoms with Gasteiger partial charge in [-0.15, -0.1) is 0 Å². The van der Waals surface area contributed by atoms with Gasteiger partial charge in [-0.3, -0.25) is 0 Å². The van der Waals surface area contributed by atoms with Crippen molar-refractivity contribution in [3.05, 3.63) is 24.0 Å². The summed E-state index contributed by atoms with van der Waals surface area (Å²) in [5.74, 6) is 1.39. The molecule has 1 aliphatic rings. The van der Waals surface area contributed by atoms with Gasteiger partial charge in [0.25, 0.3) is 0 Å². The van der Waals surface area contributed by atoms with Gasteiger partial charge in [0, 0.05) is 6.61 Å². The molecule has 1 aliphatic heterocycles. The van der Waals surface area contributed by atoms with Gasteiger partial charge < -0.3 is 18.8 Å². The Morgan fingerprint density at radius 3 is 3.06 bits per heavy atom. The first-order chi connectivity index (χ1) is 8.75. The van der Waals surface area contributed by atoms with Crippen LogP contribution in [0.5, 0.6) is 0 Å². The van der Waals surface area contributed by atoms with Crippen LogP contribution in [0.2, 0.25) is 0 Å². The largest absolute Gasteiger partial charge is 0.469 e. The second-order valence-corrected chi connectivity index (χ2v) is 4.38. The summed E-state index contributed by atoms with van der Waals surface area (Å²) >= 11 is 0. The van der Waals surface area contributed by atoms with Gasteiger partial charge in [0.2, 0.25) is 11.7 Å². The van der Waals surface area contributed by atoms with Gasteiger partial charge in [0.05, 0.1) is 30.5 Å². The quantitative estimate of drug-likeness (QED) is 0.869. The minimum atomic E-state index is -0.488. The highest BCUT2D eigenvalue weighted by atomic mass is 16.5. The number of nitrogens with zero attached hydrogens (tertiary/aromatic N) is 2. The first-order valence-electron chi connectivity index (χ1n) is 5.89.